The summed E-state index contributed by atoms with van der Waals surface area (Å²) in [4.78, 5) is 2.39. The Morgan fingerprint density at radius 3 is 3.06 bits per heavy atom. The van der Waals surface area contributed by atoms with Crippen LogP contribution in [-0.2, 0) is 17.8 Å². The van der Waals surface area contributed by atoms with Gasteiger partial charge in [0.05, 0.1) is 19.2 Å². The van der Waals surface area contributed by atoms with E-state index in [1.807, 2.05) is 0 Å². The van der Waals surface area contributed by atoms with Crippen molar-refractivity contribution in [3.63, 3.8) is 0 Å². The molecule has 1 N–H and O–H groups in total. The number of nitrogens with one attached hydrogen (secondary N) is 1. The minimum Gasteiger partial charge on any atom is -0.463 e. The molecule has 0 saturated carbocycles. The molecule has 4 heteroatoms. The average molecular weight is 252 g/mol. The van der Waals surface area contributed by atoms with Gasteiger partial charge in [-0.25, -0.2) is 0 Å². The monoisotopic (exact) mass is 252 g/mol. The van der Waals surface area contributed by atoms with E-state index in [-0.39, 0.29) is 0 Å². The van der Waals surface area contributed by atoms with Gasteiger partial charge < -0.3 is 14.5 Å². The molecule has 102 valence electrons. The molecular formula is C14H24N2O2. The molecule has 1 saturated heterocycles. The summed E-state index contributed by atoms with van der Waals surface area (Å²) in [6, 6.07) is 2.16. The first-order valence-electron chi connectivity index (χ1n) is 6.77. The van der Waals surface area contributed by atoms with Crippen molar-refractivity contribution in [2.75, 3.05) is 26.7 Å². The van der Waals surface area contributed by atoms with Crippen LogP contribution in [0.15, 0.2) is 10.5 Å². The fourth-order valence-corrected chi connectivity index (χ4v) is 2.44. The molecule has 2 heterocycles. The van der Waals surface area contributed by atoms with Crippen molar-refractivity contribution < 1.29 is 9.15 Å². The Hall–Kier alpha value is -0.840. The lowest BCUT2D eigenvalue weighted by Gasteiger charge is -2.13. The molecule has 18 heavy (non-hydrogen) atoms. The molecule has 0 bridgehead atoms. The number of likely N-dealkylation sites (tertiary alicyclic amines) is 1. The highest BCUT2D eigenvalue weighted by Crippen LogP contribution is 2.19. The number of ether oxygens (including phenoxy) is 1. The third kappa shape index (κ3) is 3.34. The standard InChI is InChI=1S/C14H24N2O2/c1-4-15-8-14-11(2)7-13(18-14)10-16-6-5-12(9-16)17-3/h7,12,15H,4-6,8-10H2,1-3H3. The van der Waals surface area contributed by atoms with E-state index in [4.69, 9.17) is 9.15 Å². The molecule has 0 radical (unpaired) electrons. The van der Waals surface area contributed by atoms with Crippen molar-refractivity contribution in [3.8, 4) is 0 Å². The van der Waals surface area contributed by atoms with Gasteiger partial charge >= 0.3 is 0 Å². The molecular weight excluding hydrogens is 228 g/mol. The minimum atomic E-state index is 0.391. The summed E-state index contributed by atoms with van der Waals surface area (Å²) in [5, 5.41) is 3.30. The summed E-state index contributed by atoms with van der Waals surface area (Å²) in [7, 11) is 1.79. The van der Waals surface area contributed by atoms with Crippen LogP contribution < -0.4 is 5.32 Å². The third-order valence-electron chi connectivity index (χ3n) is 3.55. The number of aryl methyl sites for hydroxylation is 1. The van der Waals surface area contributed by atoms with Gasteiger partial charge in [0.25, 0.3) is 0 Å². The fourth-order valence-electron chi connectivity index (χ4n) is 2.44. The predicted molar refractivity (Wildman–Crippen MR) is 71.5 cm³/mol. The molecule has 0 amide bonds. The van der Waals surface area contributed by atoms with E-state index < -0.39 is 0 Å². The number of methoxy groups -OCH3 is 1. The molecule has 1 unspecified atom stereocenters. The predicted octanol–water partition coefficient (Wildman–Crippen LogP) is 1.92. The van der Waals surface area contributed by atoms with Gasteiger partial charge in [0.1, 0.15) is 11.5 Å². The van der Waals surface area contributed by atoms with Crippen molar-refractivity contribution in [2.45, 2.75) is 39.5 Å². The molecule has 0 aliphatic carbocycles. The SMILES string of the molecule is CCNCc1oc(CN2CCC(OC)C2)cc1C. The zero-order chi connectivity index (χ0) is 13.0. The van der Waals surface area contributed by atoms with Gasteiger partial charge in [-0.2, -0.15) is 0 Å². The molecule has 0 aromatic carbocycles. The van der Waals surface area contributed by atoms with Crippen LogP contribution in [0.5, 0.6) is 0 Å². The van der Waals surface area contributed by atoms with E-state index in [1.165, 1.54) is 5.56 Å². The third-order valence-corrected chi connectivity index (χ3v) is 3.55. The Bertz CT molecular complexity index is 376. The van der Waals surface area contributed by atoms with Crippen LogP contribution in [0.2, 0.25) is 0 Å². The van der Waals surface area contributed by atoms with Crippen LogP contribution in [0.1, 0.15) is 30.4 Å². The summed E-state index contributed by atoms with van der Waals surface area (Å²) in [5.74, 6) is 2.13. The second-order valence-corrected chi connectivity index (χ2v) is 4.98. The van der Waals surface area contributed by atoms with Crippen molar-refractivity contribution in [3.05, 3.63) is 23.2 Å². The molecule has 1 aromatic rings. The van der Waals surface area contributed by atoms with E-state index >= 15 is 0 Å². The first-order chi connectivity index (χ1) is 8.72. The molecule has 1 aliphatic heterocycles. The minimum absolute atomic E-state index is 0.391. The van der Waals surface area contributed by atoms with Crippen molar-refractivity contribution in [1.82, 2.24) is 10.2 Å². The van der Waals surface area contributed by atoms with E-state index in [0.717, 1.165) is 50.7 Å². The van der Waals surface area contributed by atoms with E-state index in [9.17, 15) is 0 Å². The second kappa shape index (κ2) is 6.36. The van der Waals surface area contributed by atoms with Gasteiger partial charge in [0, 0.05) is 20.2 Å². The molecule has 1 aromatic heterocycles. The van der Waals surface area contributed by atoms with Crippen LogP contribution in [0.3, 0.4) is 0 Å². The van der Waals surface area contributed by atoms with Crippen molar-refractivity contribution in [1.29, 1.82) is 0 Å². The zero-order valence-corrected chi connectivity index (χ0v) is 11.7. The summed E-state index contributed by atoms with van der Waals surface area (Å²) in [5.41, 5.74) is 1.24. The Balaban J connectivity index is 1.90. The highest BCUT2D eigenvalue weighted by molar-refractivity contribution is 5.20. The lowest BCUT2D eigenvalue weighted by molar-refractivity contribution is 0.106. The lowest BCUT2D eigenvalue weighted by atomic mass is 10.2. The van der Waals surface area contributed by atoms with Gasteiger partial charge in [-0.15, -0.1) is 0 Å². The largest absolute Gasteiger partial charge is 0.463 e. The summed E-state index contributed by atoms with van der Waals surface area (Å²) in [6.07, 6.45) is 1.52. The highest BCUT2D eigenvalue weighted by Gasteiger charge is 2.23. The Morgan fingerprint density at radius 2 is 2.39 bits per heavy atom. The highest BCUT2D eigenvalue weighted by atomic mass is 16.5. The molecule has 0 spiro atoms. The fraction of sp³-hybridized carbons (Fsp3) is 0.714. The summed E-state index contributed by atoms with van der Waals surface area (Å²) in [6.45, 7) is 9.02. The maximum Gasteiger partial charge on any atom is 0.120 e. The Morgan fingerprint density at radius 1 is 1.56 bits per heavy atom. The summed E-state index contributed by atoms with van der Waals surface area (Å²) >= 11 is 0. The Kier molecular flexibility index (Phi) is 4.80. The van der Waals surface area contributed by atoms with E-state index in [1.54, 1.807) is 7.11 Å². The normalized spacial score (nSPS) is 20.7. The first kappa shape index (κ1) is 13.6. The van der Waals surface area contributed by atoms with Gasteiger partial charge in [-0.3, -0.25) is 4.90 Å². The maximum absolute atomic E-state index is 5.90. The van der Waals surface area contributed by atoms with Gasteiger partial charge in [-0.05, 0) is 31.5 Å². The van der Waals surface area contributed by atoms with Crippen molar-refractivity contribution >= 4 is 0 Å². The number of furan rings is 1. The van der Waals surface area contributed by atoms with E-state index in [0.29, 0.717) is 6.10 Å². The van der Waals surface area contributed by atoms with Crippen LogP contribution in [0.4, 0.5) is 0 Å². The smallest absolute Gasteiger partial charge is 0.120 e. The number of hydrogen-bond acceptors (Lipinski definition) is 4. The molecule has 2 rings (SSSR count). The maximum atomic E-state index is 5.90. The van der Waals surface area contributed by atoms with Crippen LogP contribution in [-0.4, -0.2) is 37.7 Å². The lowest BCUT2D eigenvalue weighted by Crippen LogP contribution is -2.22. The zero-order valence-electron chi connectivity index (χ0n) is 11.7. The number of hydrogen-bond donors (Lipinski definition) is 1. The molecule has 1 atom stereocenters. The quantitative estimate of drug-likeness (QED) is 0.839. The molecule has 4 nitrogen and oxygen atoms in total. The van der Waals surface area contributed by atoms with Gasteiger partial charge in [-0.1, -0.05) is 6.92 Å². The second-order valence-electron chi connectivity index (χ2n) is 4.98. The van der Waals surface area contributed by atoms with Crippen molar-refractivity contribution in [2.24, 2.45) is 0 Å². The van der Waals surface area contributed by atoms with Gasteiger partial charge in [0.15, 0.2) is 0 Å². The van der Waals surface area contributed by atoms with Gasteiger partial charge in [0.2, 0.25) is 0 Å². The first-order valence-corrected chi connectivity index (χ1v) is 6.77. The van der Waals surface area contributed by atoms with Crippen LogP contribution in [0, 0.1) is 6.92 Å². The van der Waals surface area contributed by atoms with E-state index in [2.05, 4.69) is 30.1 Å². The molecule has 1 fully saturated rings. The average Bonchev–Trinajstić information content (AvgIpc) is 2.94. The molecule has 1 aliphatic rings. The number of nitrogens with zero attached hydrogens (tertiary/aromatic N) is 1. The summed E-state index contributed by atoms with van der Waals surface area (Å²) < 4.78 is 11.3. The Labute approximate surface area is 109 Å². The topological polar surface area (TPSA) is 37.6 Å². The number of rotatable bonds is 6. The van der Waals surface area contributed by atoms with Crippen LogP contribution >= 0.6 is 0 Å². The van der Waals surface area contributed by atoms with Crippen LogP contribution in [0.25, 0.3) is 0 Å².